The lowest BCUT2D eigenvalue weighted by Gasteiger charge is -2.23. The van der Waals surface area contributed by atoms with Gasteiger partial charge in [-0.2, -0.15) is 5.10 Å². The van der Waals surface area contributed by atoms with Crippen LogP contribution < -0.4 is 9.64 Å². The van der Waals surface area contributed by atoms with Gasteiger partial charge < -0.3 is 14.5 Å². The van der Waals surface area contributed by atoms with Crippen molar-refractivity contribution in [3.63, 3.8) is 0 Å². The number of benzene rings is 1. The van der Waals surface area contributed by atoms with E-state index in [1.54, 1.807) is 18.5 Å². The van der Waals surface area contributed by atoms with Crippen LogP contribution in [0.2, 0.25) is 0 Å². The highest BCUT2D eigenvalue weighted by Crippen LogP contribution is 2.49. The molecule has 6 rings (SSSR count). The van der Waals surface area contributed by atoms with E-state index >= 15 is 0 Å². The molecular formula is C23H23FN6O. The van der Waals surface area contributed by atoms with Crippen molar-refractivity contribution < 1.29 is 9.13 Å². The van der Waals surface area contributed by atoms with Crippen molar-refractivity contribution in [3.8, 4) is 16.9 Å². The van der Waals surface area contributed by atoms with Crippen LogP contribution in [0.3, 0.4) is 0 Å². The molecule has 31 heavy (non-hydrogen) atoms. The number of halogens is 1. The van der Waals surface area contributed by atoms with Gasteiger partial charge >= 0.3 is 0 Å². The zero-order valence-corrected chi connectivity index (χ0v) is 17.7. The minimum Gasteiger partial charge on any atom is -0.494 e. The largest absolute Gasteiger partial charge is 0.494 e. The number of piperidine rings is 1. The molecule has 8 heteroatoms. The number of anilines is 1. The maximum atomic E-state index is 14.1. The molecule has 1 aliphatic heterocycles. The Hall–Kier alpha value is -3.26. The molecule has 1 unspecified atom stereocenters. The summed E-state index contributed by atoms with van der Waals surface area (Å²) < 4.78 is 21.1. The van der Waals surface area contributed by atoms with Crippen LogP contribution in [0.1, 0.15) is 0 Å². The van der Waals surface area contributed by atoms with E-state index in [1.165, 1.54) is 13.2 Å². The Morgan fingerprint density at radius 3 is 2.65 bits per heavy atom. The smallest absolute Gasteiger partial charge is 0.167 e. The molecule has 0 radical (unpaired) electrons. The van der Waals surface area contributed by atoms with Crippen LogP contribution in [-0.2, 0) is 0 Å². The summed E-state index contributed by atoms with van der Waals surface area (Å²) in [5.74, 6) is 1.26. The number of pyridine rings is 1. The lowest BCUT2D eigenvalue weighted by Crippen LogP contribution is -2.30. The quantitative estimate of drug-likeness (QED) is 0.508. The van der Waals surface area contributed by atoms with Gasteiger partial charge in [0.05, 0.1) is 36.9 Å². The average Bonchev–Trinajstić information content (AvgIpc) is 3.10. The first-order valence-corrected chi connectivity index (χ1v) is 10.4. The Balaban J connectivity index is 1.37. The molecule has 2 aliphatic rings. The molecule has 3 atom stereocenters. The van der Waals surface area contributed by atoms with Crippen LogP contribution in [0.4, 0.5) is 10.1 Å². The third kappa shape index (κ3) is 2.78. The second kappa shape index (κ2) is 6.62. The fourth-order valence-electron chi connectivity index (χ4n) is 5.23. The summed E-state index contributed by atoms with van der Waals surface area (Å²) >= 11 is 0. The first-order chi connectivity index (χ1) is 15.0. The molecule has 4 aromatic rings. The van der Waals surface area contributed by atoms with E-state index in [0.29, 0.717) is 11.6 Å². The number of methoxy groups -OCH3 is 1. The molecular weight excluding hydrogens is 395 g/mol. The second-order valence-corrected chi connectivity index (χ2v) is 8.69. The summed E-state index contributed by atoms with van der Waals surface area (Å²) in [7, 11) is 5.79. The monoisotopic (exact) mass is 418 g/mol. The number of rotatable bonds is 4. The van der Waals surface area contributed by atoms with Gasteiger partial charge in [-0.15, -0.1) is 0 Å². The van der Waals surface area contributed by atoms with Crippen molar-refractivity contribution in [2.24, 2.45) is 11.8 Å². The number of nitrogens with zero attached hydrogens (tertiary/aromatic N) is 6. The van der Waals surface area contributed by atoms with E-state index in [9.17, 15) is 4.39 Å². The van der Waals surface area contributed by atoms with Gasteiger partial charge in [-0.3, -0.25) is 4.98 Å². The van der Waals surface area contributed by atoms with E-state index in [2.05, 4.69) is 34.0 Å². The summed E-state index contributed by atoms with van der Waals surface area (Å²) in [5.41, 5.74) is 4.20. The molecule has 0 N–H and O–H groups in total. The summed E-state index contributed by atoms with van der Waals surface area (Å²) in [6, 6.07) is 5.70. The van der Waals surface area contributed by atoms with Crippen molar-refractivity contribution in [2.45, 2.75) is 6.04 Å². The number of aromatic nitrogens is 4. The summed E-state index contributed by atoms with van der Waals surface area (Å²) in [5, 5.41) is 5.36. The fourth-order valence-corrected chi connectivity index (χ4v) is 5.23. The molecule has 158 valence electrons. The van der Waals surface area contributed by atoms with Gasteiger partial charge in [0.25, 0.3) is 0 Å². The molecule has 1 aromatic carbocycles. The fraction of sp³-hybridized carbons (Fsp3) is 0.348. The molecule has 0 spiro atoms. The lowest BCUT2D eigenvalue weighted by molar-refractivity contribution is 0.357. The van der Waals surface area contributed by atoms with Crippen molar-refractivity contribution in [1.29, 1.82) is 0 Å². The van der Waals surface area contributed by atoms with E-state index in [-0.39, 0.29) is 5.75 Å². The maximum Gasteiger partial charge on any atom is 0.167 e. The van der Waals surface area contributed by atoms with Gasteiger partial charge in [-0.25, -0.2) is 13.9 Å². The SMILES string of the molecule is COc1cc2c(-c3cnn4cc(N5C[C@@H]6C(N(C)C)[C@@H]6C5)cnc34)ccnc2cc1F. The van der Waals surface area contributed by atoms with Gasteiger partial charge in [-0.1, -0.05) is 0 Å². The van der Waals surface area contributed by atoms with Crippen LogP contribution in [0, 0.1) is 17.7 Å². The third-order valence-electron chi connectivity index (χ3n) is 6.76. The molecule has 3 aromatic heterocycles. The maximum absolute atomic E-state index is 14.1. The molecule has 1 saturated carbocycles. The lowest BCUT2D eigenvalue weighted by atomic mass is 10.0. The van der Waals surface area contributed by atoms with Crippen molar-refractivity contribution >= 4 is 22.2 Å². The number of ether oxygens (including phenoxy) is 1. The van der Waals surface area contributed by atoms with Gasteiger partial charge in [-0.05, 0) is 43.6 Å². The van der Waals surface area contributed by atoms with Crippen molar-refractivity contribution in [2.75, 3.05) is 39.2 Å². The highest BCUT2D eigenvalue weighted by molar-refractivity contribution is 5.98. The molecule has 4 heterocycles. The molecule has 0 bridgehead atoms. The zero-order valence-electron chi connectivity index (χ0n) is 17.7. The number of hydrogen-bond acceptors (Lipinski definition) is 6. The Morgan fingerprint density at radius 1 is 1.10 bits per heavy atom. The highest BCUT2D eigenvalue weighted by Gasteiger charge is 2.56. The topological polar surface area (TPSA) is 58.8 Å². The zero-order chi connectivity index (χ0) is 21.3. The predicted octanol–water partition coefficient (Wildman–Crippen LogP) is 3.09. The van der Waals surface area contributed by atoms with Crippen LogP contribution in [0.5, 0.6) is 5.75 Å². The van der Waals surface area contributed by atoms with Crippen molar-refractivity contribution in [3.05, 3.63) is 48.8 Å². The average molecular weight is 418 g/mol. The van der Waals surface area contributed by atoms with E-state index < -0.39 is 5.82 Å². The van der Waals surface area contributed by atoms with Crippen LogP contribution >= 0.6 is 0 Å². The van der Waals surface area contributed by atoms with E-state index in [1.807, 2.05) is 23.0 Å². The Morgan fingerprint density at radius 2 is 1.90 bits per heavy atom. The Bertz CT molecular complexity index is 1310. The first kappa shape index (κ1) is 18.5. The van der Waals surface area contributed by atoms with Gasteiger partial charge in [0.15, 0.2) is 17.2 Å². The highest BCUT2D eigenvalue weighted by atomic mass is 19.1. The molecule has 7 nitrogen and oxygen atoms in total. The molecule has 2 fully saturated rings. The van der Waals surface area contributed by atoms with Crippen molar-refractivity contribution in [1.82, 2.24) is 24.5 Å². The van der Waals surface area contributed by atoms with Gasteiger partial charge in [0, 0.05) is 42.3 Å². The summed E-state index contributed by atoms with van der Waals surface area (Å²) in [6.45, 7) is 2.13. The van der Waals surface area contributed by atoms with Gasteiger partial charge in [0.1, 0.15) is 0 Å². The summed E-state index contributed by atoms with van der Waals surface area (Å²) in [4.78, 5) is 13.8. The molecule has 0 amide bonds. The van der Waals surface area contributed by atoms with E-state index in [0.717, 1.165) is 52.8 Å². The Labute approximate surface area is 179 Å². The van der Waals surface area contributed by atoms with Crippen LogP contribution in [0.25, 0.3) is 27.7 Å². The normalized spacial score (nSPS) is 22.5. The second-order valence-electron chi connectivity index (χ2n) is 8.69. The minimum atomic E-state index is -0.428. The standard InChI is InChI=1S/C23H23FN6O/c1-28(2)22-17-11-29(12-18(17)22)13-8-26-23-16(9-27-30(23)10-13)14-4-5-25-20-7-19(24)21(31-3)6-15(14)20/h4-10,17-18,22H,11-12H2,1-3H3/t17-,18+,22?. The third-order valence-corrected chi connectivity index (χ3v) is 6.76. The molecule has 1 saturated heterocycles. The van der Waals surface area contributed by atoms with E-state index in [4.69, 9.17) is 9.72 Å². The number of hydrogen-bond donors (Lipinski definition) is 0. The number of fused-ring (bicyclic) bond motifs is 3. The summed E-state index contributed by atoms with van der Waals surface area (Å²) in [6.07, 6.45) is 7.46. The minimum absolute atomic E-state index is 0.192. The first-order valence-electron chi connectivity index (χ1n) is 10.4. The van der Waals surface area contributed by atoms with Crippen LogP contribution in [-0.4, -0.2) is 64.8 Å². The Kier molecular flexibility index (Phi) is 3.95. The predicted molar refractivity (Wildman–Crippen MR) is 117 cm³/mol. The van der Waals surface area contributed by atoms with Gasteiger partial charge in [0.2, 0.25) is 0 Å². The molecule has 1 aliphatic carbocycles. The van der Waals surface area contributed by atoms with Crippen LogP contribution in [0.15, 0.2) is 43.0 Å².